The summed E-state index contributed by atoms with van der Waals surface area (Å²) in [6, 6.07) is 9.61. The Morgan fingerprint density at radius 2 is 2.07 bits per heavy atom. The van der Waals surface area contributed by atoms with Gasteiger partial charge in [0.2, 0.25) is 0 Å². The van der Waals surface area contributed by atoms with Crippen molar-refractivity contribution in [3.8, 4) is 0 Å². The summed E-state index contributed by atoms with van der Waals surface area (Å²) in [5.74, 6) is 1.56. The maximum Gasteiger partial charge on any atom is 0.276 e. The number of hydrogen-bond acceptors (Lipinski definition) is 4. The summed E-state index contributed by atoms with van der Waals surface area (Å²) in [5, 5.41) is 3.21. The SMILES string of the molecule is Cc1[nH]n(C2=CC=CCN2c2ccccn2)c(=O)c1Cc1cccnc1.Cl. The highest BCUT2D eigenvalue weighted by molar-refractivity contribution is 5.85. The van der Waals surface area contributed by atoms with Crippen molar-refractivity contribution >= 4 is 24.0 Å². The van der Waals surface area contributed by atoms with E-state index in [-0.39, 0.29) is 18.0 Å². The number of aryl methyl sites for hydroxylation is 1. The summed E-state index contributed by atoms with van der Waals surface area (Å²) in [7, 11) is 0. The second kappa shape index (κ2) is 8.05. The van der Waals surface area contributed by atoms with Crippen LogP contribution in [0.3, 0.4) is 0 Å². The second-order valence-corrected chi connectivity index (χ2v) is 6.15. The van der Waals surface area contributed by atoms with Gasteiger partial charge in [-0.3, -0.25) is 14.9 Å². The molecule has 6 nitrogen and oxygen atoms in total. The average molecular weight is 382 g/mol. The molecule has 0 aliphatic carbocycles. The average Bonchev–Trinajstić information content (AvgIpc) is 2.98. The molecule has 3 aromatic heterocycles. The van der Waals surface area contributed by atoms with Gasteiger partial charge in [-0.25, -0.2) is 9.67 Å². The zero-order valence-electron chi connectivity index (χ0n) is 14.9. The minimum atomic E-state index is -0.0474. The van der Waals surface area contributed by atoms with E-state index in [0.29, 0.717) is 13.0 Å². The Hall–Kier alpha value is -3.12. The predicted octanol–water partition coefficient (Wildman–Crippen LogP) is 3.16. The number of rotatable bonds is 4. The molecule has 0 amide bonds. The lowest BCUT2D eigenvalue weighted by Crippen LogP contribution is -2.32. The van der Waals surface area contributed by atoms with Crippen LogP contribution < -0.4 is 10.5 Å². The van der Waals surface area contributed by atoms with Gasteiger partial charge < -0.3 is 4.90 Å². The first-order valence-corrected chi connectivity index (χ1v) is 8.49. The topological polar surface area (TPSA) is 66.8 Å². The predicted molar refractivity (Wildman–Crippen MR) is 109 cm³/mol. The Labute approximate surface area is 163 Å². The molecule has 3 aromatic rings. The molecular weight excluding hydrogens is 362 g/mol. The summed E-state index contributed by atoms with van der Waals surface area (Å²) in [5.41, 5.74) is 2.57. The van der Waals surface area contributed by atoms with Crippen molar-refractivity contribution in [2.45, 2.75) is 13.3 Å². The molecule has 1 aliphatic heterocycles. The zero-order valence-corrected chi connectivity index (χ0v) is 15.7. The Kier molecular flexibility index (Phi) is 5.57. The minimum Gasteiger partial charge on any atom is -0.307 e. The minimum absolute atomic E-state index is 0. The van der Waals surface area contributed by atoms with Gasteiger partial charge in [0.1, 0.15) is 11.6 Å². The van der Waals surface area contributed by atoms with Crippen LogP contribution in [0.1, 0.15) is 16.8 Å². The molecule has 4 rings (SSSR count). The van der Waals surface area contributed by atoms with Gasteiger partial charge in [-0.2, -0.15) is 0 Å². The van der Waals surface area contributed by atoms with E-state index in [2.05, 4.69) is 15.1 Å². The summed E-state index contributed by atoms with van der Waals surface area (Å²) in [4.78, 5) is 23.6. The lowest BCUT2D eigenvalue weighted by atomic mass is 10.1. The number of allylic oxidation sites excluding steroid dienone is 2. The van der Waals surface area contributed by atoms with Crippen molar-refractivity contribution in [1.29, 1.82) is 0 Å². The van der Waals surface area contributed by atoms with Crippen molar-refractivity contribution in [1.82, 2.24) is 19.7 Å². The number of anilines is 1. The number of nitrogens with one attached hydrogen (secondary N) is 1. The van der Waals surface area contributed by atoms with Crippen LogP contribution in [-0.4, -0.2) is 26.3 Å². The van der Waals surface area contributed by atoms with Crippen LogP contribution in [0, 0.1) is 6.92 Å². The number of pyridine rings is 2. The van der Waals surface area contributed by atoms with Crippen molar-refractivity contribution in [2.75, 3.05) is 11.4 Å². The monoisotopic (exact) mass is 381 g/mol. The molecule has 0 fully saturated rings. The first kappa shape index (κ1) is 18.7. The fraction of sp³-hybridized carbons (Fsp3) is 0.150. The molecule has 0 bridgehead atoms. The van der Waals surface area contributed by atoms with Crippen LogP contribution in [0.5, 0.6) is 0 Å². The molecular formula is C20H20ClN5O. The Balaban J connectivity index is 0.00000210. The van der Waals surface area contributed by atoms with E-state index in [1.807, 2.05) is 60.4 Å². The van der Waals surface area contributed by atoms with Gasteiger partial charge in [-0.1, -0.05) is 24.3 Å². The van der Waals surface area contributed by atoms with E-state index in [1.54, 1.807) is 23.3 Å². The van der Waals surface area contributed by atoms with Crippen LogP contribution >= 0.6 is 12.4 Å². The van der Waals surface area contributed by atoms with Crippen molar-refractivity contribution in [2.24, 2.45) is 0 Å². The largest absolute Gasteiger partial charge is 0.307 e. The maximum absolute atomic E-state index is 13.1. The van der Waals surface area contributed by atoms with Gasteiger partial charge in [-0.15, -0.1) is 12.4 Å². The summed E-state index contributed by atoms with van der Waals surface area (Å²) >= 11 is 0. The quantitative estimate of drug-likeness (QED) is 0.753. The van der Waals surface area contributed by atoms with Crippen molar-refractivity contribution < 1.29 is 0 Å². The standard InChI is InChI=1S/C20H19N5O.ClH/c1-15-17(13-16-7-6-10-21-14-16)20(26)25(23-15)19-9-3-5-12-24(19)18-8-2-4-11-22-18;/h2-11,14,23H,12-13H2,1H3;1H. The summed E-state index contributed by atoms with van der Waals surface area (Å²) in [6.45, 7) is 2.58. The van der Waals surface area contributed by atoms with Crippen LogP contribution in [0.25, 0.3) is 5.82 Å². The van der Waals surface area contributed by atoms with E-state index in [4.69, 9.17) is 0 Å². The normalized spacial score (nSPS) is 13.2. The molecule has 0 aromatic carbocycles. The molecule has 0 saturated carbocycles. The Bertz CT molecular complexity index is 1020. The van der Waals surface area contributed by atoms with Gasteiger partial charge in [0.15, 0.2) is 0 Å². The molecule has 1 N–H and O–H groups in total. The van der Waals surface area contributed by atoms with Gasteiger partial charge in [0.05, 0.1) is 0 Å². The molecule has 0 spiro atoms. The van der Waals surface area contributed by atoms with Crippen LogP contribution in [0.15, 0.2) is 71.9 Å². The van der Waals surface area contributed by atoms with Crippen LogP contribution in [-0.2, 0) is 6.42 Å². The number of aromatic amines is 1. The molecule has 0 radical (unpaired) electrons. The van der Waals surface area contributed by atoms with E-state index < -0.39 is 0 Å². The number of H-pyrrole nitrogens is 1. The molecule has 0 saturated heterocycles. The van der Waals surface area contributed by atoms with Crippen molar-refractivity contribution in [3.63, 3.8) is 0 Å². The molecule has 0 unspecified atom stereocenters. The number of aromatic nitrogens is 4. The highest BCUT2D eigenvalue weighted by Gasteiger charge is 2.21. The smallest absolute Gasteiger partial charge is 0.276 e. The molecule has 138 valence electrons. The Morgan fingerprint density at radius 1 is 1.19 bits per heavy atom. The second-order valence-electron chi connectivity index (χ2n) is 6.15. The first-order chi connectivity index (χ1) is 12.7. The number of halogens is 1. The van der Waals surface area contributed by atoms with E-state index in [9.17, 15) is 4.79 Å². The number of hydrogen-bond donors (Lipinski definition) is 1. The van der Waals surface area contributed by atoms with Gasteiger partial charge >= 0.3 is 0 Å². The van der Waals surface area contributed by atoms with E-state index in [0.717, 1.165) is 28.5 Å². The lowest BCUT2D eigenvalue weighted by molar-refractivity contribution is 0.806. The Morgan fingerprint density at radius 3 is 2.81 bits per heavy atom. The lowest BCUT2D eigenvalue weighted by Gasteiger charge is -2.26. The van der Waals surface area contributed by atoms with Crippen LogP contribution in [0.4, 0.5) is 5.82 Å². The third-order valence-electron chi connectivity index (χ3n) is 4.40. The van der Waals surface area contributed by atoms with Gasteiger partial charge in [0.25, 0.3) is 5.56 Å². The van der Waals surface area contributed by atoms with Crippen LogP contribution in [0.2, 0.25) is 0 Å². The fourth-order valence-electron chi connectivity index (χ4n) is 3.08. The first-order valence-electron chi connectivity index (χ1n) is 8.49. The third kappa shape index (κ3) is 3.71. The summed E-state index contributed by atoms with van der Waals surface area (Å²) < 4.78 is 1.60. The summed E-state index contributed by atoms with van der Waals surface area (Å²) in [6.07, 6.45) is 11.7. The third-order valence-corrected chi connectivity index (χ3v) is 4.40. The molecule has 1 aliphatic rings. The maximum atomic E-state index is 13.1. The zero-order chi connectivity index (χ0) is 17.9. The van der Waals surface area contributed by atoms with E-state index in [1.165, 1.54) is 0 Å². The molecule has 0 atom stereocenters. The number of nitrogens with zero attached hydrogens (tertiary/aromatic N) is 4. The van der Waals surface area contributed by atoms with Crippen molar-refractivity contribution in [3.05, 3.63) is 94.3 Å². The van der Waals surface area contributed by atoms with Gasteiger partial charge in [0, 0.05) is 42.8 Å². The molecule has 4 heterocycles. The molecule has 27 heavy (non-hydrogen) atoms. The van der Waals surface area contributed by atoms with Gasteiger partial charge in [-0.05, 0) is 36.8 Å². The van der Waals surface area contributed by atoms with E-state index >= 15 is 0 Å². The highest BCUT2D eigenvalue weighted by Crippen LogP contribution is 2.22. The highest BCUT2D eigenvalue weighted by atomic mass is 35.5. The molecule has 7 heteroatoms. The fourth-order valence-corrected chi connectivity index (χ4v) is 3.08.